The van der Waals surface area contributed by atoms with Crippen molar-refractivity contribution in [2.75, 3.05) is 20.3 Å². The number of hydrogen-bond donors (Lipinski definition) is 1. The van der Waals surface area contributed by atoms with Crippen LogP contribution in [0.1, 0.15) is 24.2 Å². The van der Waals surface area contributed by atoms with Gasteiger partial charge in [0.25, 0.3) is 0 Å². The summed E-state index contributed by atoms with van der Waals surface area (Å²) in [6, 6.07) is 14.1. The van der Waals surface area contributed by atoms with Gasteiger partial charge in [0.2, 0.25) is 0 Å². The molecule has 3 rings (SSSR count). The van der Waals surface area contributed by atoms with Crippen molar-refractivity contribution in [3.63, 3.8) is 0 Å². The Morgan fingerprint density at radius 3 is 2.79 bits per heavy atom. The zero-order valence-corrected chi connectivity index (χ0v) is 16.4. The fourth-order valence-electron chi connectivity index (χ4n) is 3.33. The third kappa shape index (κ3) is 4.73. The monoisotopic (exact) mass is 380 g/mol. The Morgan fingerprint density at radius 2 is 2.00 bits per heavy atom. The quantitative estimate of drug-likeness (QED) is 0.401. The van der Waals surface area contributed by atoms with E-state index in [9.17, 15) is 0 Å². The molecular formula is C23H28N2O3. The first-order chi connectivity index (χ1) is 13.8. The molecule has 0 atom stereocenters. The van der Waals surface area contributed by atoms with E-state index < -0.39 is 0 Å². The standard InChI is InChI=1S/C23H28N2O3/c1-3-8-18-12-13-21(22(17-18)27-2)28-16-7-14-25-20-10-5-4-9-19(20)24-23(25)11-6-15-26/h3-5,9-10,12-13,17,26H,1,6-8,11,14-16H2,2H3. The van der Waals surface area contributed by atoms with Crippen molar-refractivity contribution < 1.29 is 14.6 Å². The lowest BCUT2D eigenvalue weighted by Crippen LogP contribution is -2.09. The number of allylic oxidation sites excluding steroid dienone is 1. The molecule has 1 aromatic heterocycles. The number of aliphatic hydroxyl groups is 1. The first kappa shape index (κ1) is 20.0. The Bertz CT molecular complexity index is 917. The largest absolute Gasteiger partial charge is 0.493 e. The average Bonchev–Trinajstić information content (AvgIpc) is 3.08. The van der Waals surface area contributed by atoms with E-state index in [4.69, 9.17) is 19.6 Å². The van der Waals surface area contributed by atoms with E-state index in [2.05, 4.69) is 17.2 Å². The first-order valence-corrected chi connectivity index (χ1v) is 9.72. The molecule has 1 N–H and O–H groups in total. The minimum Gasteiger partial charge on any atom is -0.493 e. The molecule has 148 valence electrons. The zero-order valence-electron chi connectivity index (χ0n) is 16.4. The summed E-state index contributed by atoms with van der Waals surface area (Å²) in [6.45, 7) is 5.35. The normalized spacial score (nSPS) is 10.9. The van der Waals surface area contributed by atoms with Crippen molar-refractivity contribution in [2.24, 2.45) is 0 Å². The fourth-order valence-corrected chi connectivity index (χ4v) is 3.33. The van der Waals surface area contributed by atoms with Gasteiger partial charge in [0, 0.05) is 19.6 Å². The molecule has 0 spiro atoms. The molecule has 28 heavy (non-hydrogen) atoms. The highest BCUT2D eigenvalue weighted by Gasteiger charge is 2.10. The highest BCUT2D eigenvalue weighted by molar-refractivity contribution is 5.75. The Kier molecular flexibility index (Phi) is 7.09. The maximum absolute atomic E-state index is 9.16. The van der Waals surface area contributed by atoms with Gasteiger partial charge in [0.05, 0.1) is 24.8 Å². The predicted octanol–water partition coefficient (Wildman–Crippen LogP) is 4.17. The smallest absolute Gasteiger partial charge is 0.161 e. The number of ether oxygens (including phenoxy) is 2. The predicted molar refractivity (Wildman–Crippen MR) is 112 cm³/mol. The van der Waals surface area contributed by atoms with Gasteiger partial charge in [0.15, 0.2) is 11.5 Å². The minimum atomic E-state index is 0.175. The van der Waals surface area contributed by atoms with Crippen LogP contribution in [0.15, 0.2) is 55.1 Å². The summed E-state index contributed by atoms with van der Waals surface area (Å²) in [5, 5.41) is 9.16. The van der Waals surface area contributed by atoms with Crippen LogP contribution < -0.4 is 9.47 Å². The van der Waals surface area contributed by atoms with Gasteiger partial charge in [-0.1, -0.05) is 24.3 Å². The van der Waals surface area contributed by atoms with Crippen LogP contribution in [0.2, 0.25) is 0 Å². The van der Waals surface area contributed by atoms with Gasteiger partial charge in [0.1, 0.15) is 5.82 Å². The molecule has 5 nitrogen and oxygen atoms in total. The van der Waals surface area contributed by atoms with Crippen LogP contribution in [0.5, 0.6) is 11.5 Å². The summed E-state index contributed by atoms with van der Waals surface area (Å²) in [7, 11) is 1.66. The summed E-state index contributed by atoms with van der Waals surface area (Å²) >= 11 is 0. The molecular weight excluding hydrogens is 352 g/mol. The van der Waals surface area contributed by atoms with Gasteiger partial charge in [-0.15, -0.1) is 6.58 Å². The van der Waals surface area contributed by atoms with Crippen molar-refractivity contribution in [1.82, 2.24) is 9.55 Å². The number of methoxy groups -OCH3 is 1. The molecule has 0 saturated heterocycles. The fraction of sp³-hybridized carbons (Fsp3) is 0.348. The second kappa shape index (κ2) is 9.95. The van der Waals surface area contributed by atoms with Gasteiger partial charge in [-0.2, -0.15) is 0 Å². The molecule has 5 heteroatoms. The molecule has 2 aromatic carbocycles. The van der Waals surface area contributed by atoms with Crippen LogP contribution in [0.4, 0.5) is 0 Å². The van der Waals surface area contributed by atoms with E-state index >= 15 is 0 Å². The molecule has 0 aliphatic heterocycles. The van der Waals surface area contributed by atoms with E-state index in [-0.39, 0.29) is 6.61 Å². The minimum absolute atomic E-state index is 0.175. The summed E-state index contributed by atoms with van der Waals surface area (Å²) in [4.78, 5) is 4.72. The molecule has 3 aromatic rings. The number of nitrogens with zero attached hydrogens (tertiary/aromatic N) is 2. The van der Waals surface area contributed by atoms with E-state index in [1.807, 2.05) is 42.5 Å². The lowest BCUT2D eigenvalue weighted by molar-refractivity contribution is 0.279. The van der Waals surface area contributed by atoms with Crippen LogP contribution in [0, 0.1) is 0 Å². The third-order valence-electron chi connectivity index (χ3n) is 4.68. The molecule has 0 saturated carbocycles. The number of rotatable bonds is 11. The number of benzene rings is 2. The summed E-state index contributed by atoms with van der Waals surface area (Å²) in [6.07, 6.45) is 5.02. The average molecular weight is 380 g/mol. The molecule has 0 aliphatic rings. The van der Waals surface area contributed by atoms with Crippen LogP contribution in [0.3, 0.4) is 0 Å². The number of imidazole rings is 1. The van der Waals surface area contributed by atoms with Crippen molar-refractivity contribution in [2.45, 2.75) is 32.2 Å². The summed E-state index contributed by atoms with van der Waals surface area (Å²) < 4.78 is 13.7. The summed E-state index contributed by atoms with van der Waals surface area (Å²) in [5.41, 5.74) is 3.27. The number of hydrogen-bond acceptors (Lipinski definition) is 4. The van der Waals surface area contributed by atoms with Crippen LogP contribution >= 0.6 is 0 Å². The first-order valence-electron chi connectivity index (χ1n) is 9.72. The van der Waals surface area contributed by atoms with Crippen molar-refractivity contribution >= 4 is 11.0 Å². The number of aliphatic hydroxyl groups excluding tert-OH is 1. The highest BCUT2D eigenvalue weighted by atomic mass is 16.5. The van der Waals surface area contributed by atoms with E-state index in [1.165, 1.54) is 0 Å². The number of aromatic nitrogens is 2. The maximum Gasteiger partial charge on any atom is 0.161 e. The van der Waals surface area contributed by atoms with Gasteiger partial charge in [-0.3, -0.25) is 0 Å². The number of fused-ring (bicyclic) bond motifs is 1. The maximum atomic E-state index is 9.16. The van der Waals surface area contributed by atoms with E-state index in [1.54, 1.807) is 7.11 Å². The number of aryl methyl sites for hydroxylation is 2. The molecule has 0 radical (unpaired) electrons. The Balaban J connectivity index is 1.64. The third-order valence-corrected chi connectivity index (χ3v) is 4.68. The molecule has 0 aliphatic carbocycles. The lowest BCUT2D eigenvalue weighted by atomic mass is 10.1. The van der Waals surface area contributed by atoms with Crippen molar-refractivity contribution in [1.29, 1.82) is 0 Å². The number of para-hydroxylation sites is 2. The second-order valence-electron chi connectivity index (χ2n) is 6.68. The van der Waals surface area contributed by atoms with E-state index in [0.29, 0.717) is 13.0 Å². The van der Waals surface area contributed by atoms with Crippen molar-refractivity contribution in [3.05, 3.63) is 66.5 Å². The van der Waals surface area contributed by atoms with Gasteiger partial charge in [-0.05, 0) is 49.1 Å². The molecule has 0 unspecified atom stereocenters. The topological polar surface area (TPSA) is 56.5 Å². The molecule has 0 fully saturated rings. The van der Waals surface area contributed by atoms with Gasteiger partial charge in [-0.25, -0.2) is 4.98 Å². The zero-order chi connectivity index (χ0) is 19.8. The van der Waals surface area contributed by atoms with Crippen LogP contribution in [0.25, 0.3) is 11.0 Å². The molecule has 0 bridgehead atoms. The Hall–Kier alpha value is -2.79. The Labute approximate surface area is 166 Å². The molecule has 1 heterocycles. The van der Waals surface area contributed by atoms with Crippen molar-refractivity contribution in [3.8, 4) is 11.5 Å². The SMILES string of the molecule is C=CCc1ccc(OCCCn2c(CCCO)nc3ccccc32)c(OC)c1. The second-order valence-corrected chi connectivity index (χ2v) is 6.68. The van der Waals surface area contributed by atoms with E-state index in [0.717, 1.165) is 59.7 Å². The summed E-state index contributed by atoms with van der Waals surface area (Å²) in [5.74, 6) is 2.52. The Morgan fingerprint density at radius 1 is 1.14 bits per heavy atom. The van der Waals surface area contributed by atoms with Crippen LogP contribution in [-0.2, 0) is 19.4 Å². The van der Waals surface area contributed by atoms with Crippen LogP contribution in [-0.4, -0.2) is 35.0 Å². The highest BCUT2D eigenvalue weighted by Crippen LogP contribution is 2.28. The van der Waals surface area contributed by atoms with Gasteiger partial charge >= 0.3 is 0 Å². The van der Waals surface area contributed by atoms with Gasteiger partial charge < -0.3 is 19.1 Å². The molecule has 0 amide bonds. The lowest BCUT2D eigenvalue weighted by Gasteiger charge is -2.13.